The number of benzene rings is 1. The number of unbranched alkanes of at least 4 members (excludes halogenated alkanes) is 1. The van der Waals surface area contributed by atoms with E-state index in [-0.39, 0.29) is 12.1 Å². The highest BCUT2D eigenvalue weighted by Crippen LogP contribution is 2.17. The van der Waals surface area contributed by atoms with E-state index >= 15 is 0 Å². The van der Waals surface area contributed by atoms with Crippen LogP contribution >= 0.6 is 0 Å². The second-order valence-corrected chi connectivity index (χ2v) is 6.99. The van der Waals surface area contributed by atoms with E-state index < -0.39 is 0 Å². The SMILES string of the molecule is CCCCn1nnnc1Cn1cnc2c(cnn2-c2cc(C)cc(C)c2)c1=O. The number of aromatic nitrogens is 8. The summed E-state index contributed by atoms with van der Waals surface area (Å²) < 4.78 is 4.95. The number of nitrogens with zero attached hydrogens (tertiary/aromatic N) is 8. The average molecular weight is 378 g/mol. The zero-order valence-corrected chi connectivity index (χ0v) is 16.2. The van der Waals surface area contributed by atoms with Crippen LogP contribution in [0.25, 0.3) is 16.7 Å². The fourth-order valence-electron chi connectivity index (χ4n) is 3.29. The molecule has 0 aliphatic rings. The summed E-state index contributed by atoms with van der Waals surface area (Å²) in [5, 5.41) is 16.7. The minimum Gasteiger partial charge on any atom is -0.291 e. The highest BCUT2D eigenvalue weighted by molar-refractivity contribution is 5.75. The molecule has 3 heterocycles. The van der Waals surface area contributed by atoms with Gasteiger partial charge in [0.1, 0.15) is 11.7 Å². The third kappa shape index (κ3) is 3.30. The normalized spacial score (nSPS) is 11.4. The molecule has 4 rings (SSSR count). The van der Waals surface area contributed by atoms with Crippen molar-refractivity contribution in [3.05, 3.63) is 58.0 Å². The lowest BCUT2D eigenvalue weighted by Crippen LogP contribution is -2.23. The molecule has 1 aromatic carbocycles. The molecule has 0 aliphatic carbocycles. The van der Waals surface area contributed by atoms with Crippen LogP contribution in [0.1, 0.15) is 36.7 Å². The van der Waals surface area contributed by atoms with Crippen LogP contribution in [0, 0.1) is 13.8 Å². The van der Waals surface area contributed by atoms with Crippen molar-refractivity contribution in [1.29, 1.82) is 0 Å². The molecule has 0 fully saturated rings. The molecule has 0 N–H and O–H groups in total. The molecule has 3 aromatic heterocycles. The first-order chi connectivity index (χ1) is 13.6. The zero-order chi connectivity index (χ0) is 19.7. The van der Waals surface area contributed by atoms with Gasteiger partial charge in [0.15, 0.2) is 11.5 Å². The van der Waals surface area contributed by atoms with E-state index in [1.54, 1.807) is 15.6 Å². The Hall–Kier alpha value is -3.36. The molecule has 28 heavy (non-hydrogen) atoms. The van der Waals surface area contributed by atoms with Crippen molar-refractivity contribution in [1.82, 2.24) is 39.5 Å². The lowest BCUT2D eigenvalue weighted by Gasteiger charge is -2.08. The van der Waals surface area contributed by atoms with Crippen molar-refractivity contribution in [2.24, 2.45) is 0 Å². The Morgan fingerprint density at radius 2 is 1.89 bits per heavy atom. The quantitative estimate of drug-likeness (QED) is 0.509. The number of aryl methyl sites for hydroxylation is 3. The summed E-state index contributed by atoms with van der Waals surface area (Å²) >= 11 is 0. The minimum atomic E-state index is -0.161. The van der Waals surface area contributed by atoms with E-state index in [1.165, 1.54) is 10.9 Å². The van der Waals surface area contributed by atoms with Gasteiger partial charge in [-0.3, -0.25) is 9.36 Å². The van der Waals surface area contributed by atoms with Gasteiger partial charge in [-0.05, 0) is 54.0 Å². The van der Waals surface area contributed by atoms with Gasteiger partial charge >= 0.3 is 0 Å². The molecule has 144 valence electrons. The largest absolute Gasteiger partial charge is 0.291 e. The maximum absolute atomic E-state index is 13.0. The number of tetrazole rings is 1. The summed E-state index contributed by atoms with van der Waals surface area (Å²) in [5.74, 6) is 0.637. The van der Waals surface area contributed by atoms with Gasteiger partial charge < -0.3 is 0 Å². The standard InChI is InChI=1S/C19H22N8O/c1-4-5-6-26-17(22-23-24-26)11-25-12-20-18-16(19(25)28)10-21-27(18)15-8-13(2)7-14(3)9-15/h7-10,12H,4-6,11H2,1-3H3. The molecule has 0 amide bonds. The van der Waals surface area contributed by atoms with Crippen molar-refractivity contribution in [2.45, 2.75) is 46.7 Å². The molecular weight excluding hydrogens is 356 g/mol. The number of hydrogen-bond acceptors (Lipinski definition) is 6. The maximum Gasteiger partial charge on any atom is 0.264 e. The Labute approximate surface area is 161 Å². The number of rotatable bonds is 6. The first-order valence-corrected chi connectivity index (χ1v) is 9.33. The Kier molecular flexibility index (Phi) is 4.72. The Morgan fingerprint density at radius 1 is 1.11 bits per heavy atom. The smallest absolute Gasteiger partial charge is 0.264 e. The highest BCUT2D eigenvalue weighted by atomic mass is 16.1. The van der Waals surface area contributed by atoms with Gasteiger partial charge in [0.05, 0.1) is 18.4 Å². The van der Waals surface area contributed by atoms with Crippen molar-refractivity contribution in [3.8, 4) is 5.69 Å². The maximum atomic E-state index is 13.0. The monoisotopic (exact) mass is 378 g/mol. The fraction of sp³-hybridized carbons (Fsp3) is 0.368. The van der Waals surface area contributed by atoms with Crippen LogP contribution in [-0.2, 0) is 13.1 Å². The van der Waals surface area contributed by atoms with Crippen LogP contribution < -0.4 is 5.56 Å². The minimum absolute atomic E-state index is 0.161. The molecule has 0 bridgehead atoms. The number of fused-ring (bicyclic) bond motifs is 1. The molecule has 0 unspecified atom stereocenters. The molecule has 0 radical (unpaired) electrons. The molecule has 0 saturated heterocycles. The van der Waals surface area contributed by atoms with Crippen molar-refractivity contribution in [3.63, 3.8) is 0 Å². The summed E-state index contributed by atoms with van der Waals surface area (Å²) in [4.78, 5) is 17.4. The van der Waals surface area contributed by atoms with Crippen LogP contribution in [0.4, 0.5) is 0 Å². The Balaban J connectivity index is 1.71. The third-order valence-corrected chi connectivity index (χ3v) is 4.65. The molecular formula is C19H22N8O. The average Bonchev–Trinajstić information content (AvgIpc) is 3.28. The number of hydrogen-bond donors (Lipinski definition) is 0. The van der Waals surface area contributed by atoms with Crippen LogP contribution in [0.3, 0.4) is 0 Å². The van der Waals surface area contributed by atoms with Gasteiger partial charge in [0.25, 0.3) is 5.56 Å². The summed E-state index contributed by atoms with van der Waals surface area (Å²) in [6.45, 7) is 7.18. The first kappa shape index (κ1) is 18.0. The fourth-order valence-corrected chi connectivity index (χ4v) is 3.29. The Morgan fingerprint density at radius 3 is 2.64 bits per heavy atom. The second-order valence-electron chi connectivity index (χ2n) is 6.99. The lowest BCUT2D eigenvalue weighted by atomic mass is 10.1. The molecule has 9 heteroatoms. The molecule has 0 spiro atoms. The molecule has 4 aromatic rings. The van der Waals surface area contributed by atoms with Crippen molar-refractivity contribution in [2.75, 3.05) is 0 Å². The van der Waals surface area contributed by atoms with Gasteiger partial charge in [-0.2, -0.15) is 5.10 Å². The van der Waals surface area contributed by atoms with Crippen LogP contribution in [0.2, 0.25) is 0 Å². The summed E-state index contributed by atoms with van der Waals surface area (Å²) in [5.41, 5.74) is 3.53. The lowest BCUT2D eigenvalue weighted by molar-refractivity contribution is 0.521. The molecule has 0 atom stereocenters. The van der Waals surface area contributed by atoms with Gasteiger partial charge in [0, 0.05) is 6.54 Å². The van der Waals surface area contributed by atoms with E-state index in [2.05, 4.69) is 38.6 Å². The van der Waals surface area contributed by atoms with Crippen LogP contribution in [0.5, 0.6) is 0 Å². The summed E-state index contributed by atoms with van der Waals surface area (Å²) in [6.07, 6.45) is 5.13. The first-order valence-electron chi connectivity index (χ1n) is 9.33. The summed E-state index contributed by atoms with van der Waals surface area (Å²) in [7, 11) is 0. The zero-order valence-electron chi connectivity index (χ0n) is 16.2. The highest BCUT2D eigenvalue weighted by Gasteiger charge is 2.14. The molecule has 9 nitrogen and oxygen atoms in total. The predicted octanol–water partition coefficient (Wildman–Crippen LogP) is 2.03. The van der Waals surface area contributed by atoms with Gasteiger partial charge in [-0.1, -0.05) is 19.4 Å². The second kappa shape index (κ2) is 7.34. The molecule has 0 saturated carbocycles. The van der Waals surface area contributed by atoms with Crippen molar-refractivity contribution >= 4 is 11.0 Å². The van der Waals surface area contributed by atoms with E-state index in [4.69, 9.17) is 0 Å². The van der Waals surface area contributed by atoms with Crippen LogP contribution in [0.15, 0.2) is 35.5 Å². The van der Waals surface area contributed by atoms with E-state index in [0.717, 1.165) is 36.2 Å². The summed E-state index contributed by atoms with van der Waals surface area (Å²) in [6, 6.07) is 6.14. The molecule has 0 aliphatic heterocycles. The third-order valence-electron chi connectivity index (χ3n) is 4.65. The predicted molar refractivity (Wildman–Crippen MR) is 104 cm³/mol. The van der Waals surface area contributed by atoms with Crippen LogP contribution in [-0.4, -0.2) is 39.5 Å². The van der Waals surface area contributed by atoms with Gasteiger partial charge in [-0.25, -0.2) is 14.3 Å². The Bertz CT molecular complexity index is 1170. The topological polar surface area (TPSA) is 96.3 Å². The van der Waals surface area contributed by atoms with Crippen molar-refractivity contribution < 1.29 is 0 Å². The van der Waals surface area contributed by atoms with Gasteiger partial charge in [-0.15, -0.1) is 5.10 Å². The van der Waals surface area contributed by atoms with Gasteiger partial charge in [0.2, 0.25) is 0 Å². The van der Waals surface area contributed by atoms with E-state index in [0.29, 0.717) is 16.9 Å². The van der Waals surface area contributed by atoms with E-state index in [9.17, 15) is 4.79 Å². The van der Waals surface area contributed by atoms with E-state index in [1.807, 2.05) is 26.0 Å².